The van der Waals surface area contributed by atoms with Crippen molar-refractivity contribution in [1.29, 1.82) is 0 Å². The summed E-state index contributed by atoms with van der Waals surface area (Å²) in [6.45, 7) is 13.0. The zero-order valence-corrected chi connectivity index (χ0v) is 13.3. The number of alkyl carbamates (subject to hydrolysis) is 1. The van der Waals surface area contributed by atoms with Crippen molar-refractivity contribution >= 4 is 23.3 Å². The maximum Gasteiger partial charge on any atom is 0.408 e. The van der Waals surface area contributed by atoms with Crippen LogP contribution in [0.2, 0.25) is 5.02 Å². The molecule has 0 spiro atoms. The molecule has 1 rings (SSSR count). The number of pyridine rings is 1. The van der Waals surface area contributed by atoms with Crippen molar-refractivity contribution in [1.82, 2.24) is 10.3 Å². The minimum absolute atomic E-state index is 0.337. The number of amides is 1. The summed E-state index contributed by atoms with van der Waals surface area (Å²) < 4.78 is 5.20. The number of ether oxygens (including phenoxy) is 1. The maximum absolute atomic E-state index is 11.7. The SMILES string of the molecule is C=C(C)c1cnc(C(C)NC(=O)OC(C)(C)C)c(Cl)c1. The van der Waals surface area contributed by atoms with E-state index >= 15 is 0 Å². The van der Waals surface area contributed by atoms with Crippen LogP contribution in [0.1, 0.15) is 51.9 Å². The molecule has 0 fully saturated rings. The Hall–Kier alpha value is -1.55. The first-order chi connectivity index (χ1) is 9.10. The van der Waals surface area contributed by atoms with Crippen molar-refractivity contribution in [2.45, 2.75) is 46.3 Å². The molecule has 0 radical (unpaired) electrons. The van der Waals surface area contributed by atoms with Crippen LogP contribution in [0.15, 0.2) is 18.8 Å². The second-order valence-corrected chi connectivity index (χ2v) is 6.15. The highest BCUT2D eigenvalue weighted by atomic mass is 35.5. The monoisotopic (exact) mass is 296 g/mol. The topological polar surface area (TPSA) is 51.2 Å². The number of nitrogens with one attached hydrogen (secondary N) is 1. The van der Waals surface area contributed by atoms with Crippen molar-refractivity contribution < 1.29 is 9.53 Å². The van der Waals surface area contributed by atoms with Crippen LogP contribution >= 0.6 is 11.6 Å². The first-order valence-electron chi connectivity index (χ1n) is 6.41. The smallest absolute Gasteiger partial charge is 0.408 e. The van der Waals surface area contributed by atoms with E-state index in [1.54, 1.807) is 19.2 Å². The summed E-state index contributed by atoms with van der Waals surface area (Å²) in [6.07, 6.45) is 1.20. The molecule has 0 aliphatic rings. The van der Waals surface area contributed by atoms with Gasteiger partial charge in [0, 0.05) is 6.20 Å². The quantitative estimate of drug-likeness (QED) is 0.902. The molecule has 1 amide bonds. The Morgan fingerprint density at radius 2 is 2.10 bits per heavy atom. The van der Waals surface area contributed by atoms with Gasteiger partial charge < -0.3 is 10.1 Å². The molecule has 1 aromatic rings. The zero-order valence-electron chi connectivity index (χ0n) is 12.6. The predicted molar refractivity (Wildman–Crippen MR) is 81.7 cm³/mol. The van der Waals surface area contributed by atoms with Gasteiger partial charge in [-0.1, -0.05) is 18.2 Å². The van der Waals surface area contributed by atoms with Gasteiger partial charge in [-0.2, -0.15) is 0 Å². The van der Waals surface area contributed by atoms with Gasteiger partial charge in [0.25, 0.3) is 0 Å². The van der Waals surface area contributed by atoms with Crippen LogP contribution in [-0.4, -0.2) is 16.7 Å². The van der Waals surface area contributed by atoms with E-state index in [1.165, 1.54) is 0 Å². The fourth-order valence-corrected chi connectivity index (χ4v) is 1.88. The summed E-state index contributed by atoms with van der Waals surface area (Å²) in [7, 11) is 0. The molecule has 1 N–H and O–H groups in total. The fourth-order valence-electron chi connectivity index (χ4n) is 1.55. The van der Waals surface area contributed by atoms with Crippen molar-refractivity contribution in [3.63, 3.8) is 0 Å². The van der Waals surface area contributed by atoms with E-state index in [0.29, 0.717) is 10.7 Å². The third-order valence-corrected chi connectivity index (χ3v) is 2.81. The number of nitrogens with zero attached hydrogens (tertiary/aromatic N) is 1. The molecule has 110 valence electrons. The minimum atomic E-state index is -0.537. The van der Waals surface area contributed by atoms with Crippen molar-refractivity contribution in [3.05, 3.63) is 35.1 Å². The molecular formula is C15H21ClN2O2. The summed E-state index contributed by atoms with van der Waals surface area (Å²) in [5.41, 5.74) is 1.83. The highest BCUT2D eigenvalue weighted by molar-refractivity contribution is 6.31. The van der Waals surface area contributed by atoms with Crippen molar-refractivity contribution in [3.8, 4) is 0 Å². The fraction of sp³-hybridized carbons (Fsp3) is 0.467. The third kappa shape index (κ3) is 4.85. The number of halogens is 1. The average Bonchev–Trinajstić information content (AvgIpc) is 2.25. The van der Waals surface area contributed by atoms with E-state index in [1.807, 2.05) is 27.7 Å². The highest BCUT2D eigenvalue weighted by Crippen LogP contribution is 2.24. The molecule has 0 aromatic carbocycles. The van der Waals surface area contributed by atoms with E-state index in [4.69, 9.17) is 16.3 Å². The lowest BCUT2D eigenvalue weighted by atomic mass is 10.1. The van der Waals surface area contributed by atoms with Gasteiger partial charge in [-0.15, -0.1) is 0 Å². The van der Waals surface area contributed by atoms with Gasteiger partial charge in [0.2, 0.25) is 0 Å². The number of allylic oxidation sites excluding steroid dienone is 1. The van der Waals surface area contributed by atoms with Crippen LogP contribution < -0.4 is 5.32 Å². The molecule has 1 aromatic heterocycles. The summed E-state index contributed by atoms with van der Waals surface area (Å²) >= 11 is 6.19. The van der Waals surface area contributed by atoms with Gasteiger partial charge in [0.15, 0.2) is 0 Å². The predicted octanol–water partition coefficient (Wildman–Crippen LogP) is 4.35. The molecule has 0 aliphatic heterocycles. The Kier molecular flexibility index (Phi) is 5.17. The van der Waals surface area contributed by atoms with E-state index in [2.05, 4.69) is 16.9 Å². The molecule has 0 saturated carbocycles. The van der Waals surface area contributed by atoms with Gasteiger partial charge in [-0.25, -0.2) is 4.79 Å². The summed E-state index contributed by atoms with van der Waals surface area (Å²) in [5, 5.41) is 3.21. The number of aromatic nitrogens is 1. The largest absolute Gasteiger partial charge is 0.444 e. The van der Waals surface area contributed by atoms with E-state index in [9.17, 15) is 4.79 Å². The molecule has 1 unspecified atom stereocenters. The number of rotatable bonds is 3. The van der Waals surface area contributed by atoms with Crippen LogP contribution in [0.25, 0.3) is 5.57 Å². The van der Waals surface area contributed by atoms with Gasteiger partial charge >= 0.3 is 6.09 Å². The second-order valence-electron chi connectivity index (χ2n) is 5.74. The molecule has 0 bridgehead atoms. The standard InChI is InChI=1S/C15H21ClN2O2/c1-9(2)11-7-12(16)13(17-8-11)10(3)18-14(19)20-15(4,5)6/h7-8,10H,1H2,2-6H3,(H,18,19). The van der Waals surface area contributed by atoms with Crippen molar-refractivity contribution in [2.75, 3.05) is 0 Å². The average molecular weight is 297 g/mol. The molecule has 0 saturated heterocycles. The Labute approximate surface area is 125 Å². The number of hydrogen-bond donors (Lipinski definition) is 1. The zero-order chi connectivity index (χ0) is 15.5. The van der Waals surface area contributed by atoms with Crippen LogP contribution in [0.5, 0.6) is 0 Å². The molecule has 1 heterocycles. The Balaban J connectivity index is 2.80. The Morgan fingerprint density at radius 3 is 2.55 bits per heavy atom. The molecule has 4 nitrogen and oxygen atoms in total. The van der Waals surface area contributed by atoms with Gasteiger partial charge in [0.1, 0.15) is 5.60 Å². The number of carbonyl (C=O) groups excluding carboxylic acids is 1. The van der Waals surface area contributed by atoms with Gasteiger partial charge in [-0.3, -0.25) is 4.98 Å². The lowest BCUT2D eigenvalue weighted by Gasteiger charge is -2.22. The lowest BCUT2D eigenvalue weighted by molar-refractivity contribution is 0.0507. The Bertz CT molecular complexity index is 521. The highest BCUT2D eigenvalue weighted by Gasteiger charge is 2.20. The van der Waals surface area contributed by atoms with Crippen LogP contribution in [-0.2, 0) is 4.74 Å². The number of carbonyl (C=O) groups is 1. The second kappa shape index (κ2) is 6.27. The van der Waals surface area contributed by atoms with E-state index in [-0.39, 0.29) is 6.04 Å². The van der Waals surface area contributed by atoms with Gasteiger partial charge in [0.05, 0.1) is 16.8 Å². The summed E-state index contributed by atoms with van der Waals surface area (Å²) in [4.78, 5) is 16.0. The van der Waals surface area contributed by atoms with E-state index < -0.39 is 11.7 Å². The van der Waals surface area contributed by atoms with E-state index in [0.717, 1.165) is 11.1 Å². The molecular weight excluding hydrogens is 276 g/mol. The summed E-state index contributed by atoms with van der Waals surface area (Å²) in [6, 6.07) is 1.45. The van der Waals surface area contributed by atoms with Crippen LogP contribution in [0.4, 0.5) is 4.79 Å². The third-order valence-electron chi connectivity index (χ3n) is 2.51. The molecule has 1 atom stereocenters. The maximum atomic E-state index is 11.7. The Morgan fingerprint density at radius 1 is 1.50 bits per heavy atom. The normalized spacial score (nSPS) is 12.7. The molecule has 0 aliphatic carbocycles. The van der Waals surface area contributed by atoms with Crippen LogP contribution in [0, 0.1) is 0 Å². The van der Waals surface area contributed by atoms with Gasteiger partial charge in [-0.05, 0) is 51.8 Å². The number of hydrogen-bond acceptors (Lipinski definition) is 3. The molecule has 5 heteroatoms. The first kappa shape index (κ1) is 16.5. The summed E-state index contributed by atoms with van der Waals surface area (Å²) in [5.74, 6) is 0. The first-order valence-corrected chi connectivity index (χ1v) is 6.79. The molecule has 20 heavy (non-hydrogen) atoms. The van der Waals surface area contributed by atoms with Crippen molar-refractivity contribution in [2.24, 2.45) is 0 Å². The lowest BCUT2D eigenvalue weighted by Crippen LogP contribution is -2.34. The minimum Gasteiger partial charge on any atom is -0.444 e. The van der Waals surface area contributed by atoms with Crippen LogP contribution in [0.3, 0.4) is 0 Å².